The van der Waals surface area contributed by atoms with E-state index in [1.165, 1.54) is 17.5 Å². The molecule has 138 valence electrons. The number of hydrogen-bond acceptors (Lipinski definition) is 4. The van der Waals surface area contributed by atoms with Crippen LogP contribution in [0.4, 0.5) is 0 Å². The van der Waals surface area contributed by atoms with Crippen molar-refractivity contribution in [2.45, 2.75) is 39.5 Å². The van der Waals surface area contributed by atoms with Crippen molar-refractivity contribution in [1.82, 2.24) is 15.5 Å². The third-order valence-corrected chi connectivity index (χ3v) is 5.13. The Balaban J connectivity index is 1.57. The van der Waals surface area contributed by atoms with Crippen LogP contribution in [0.25, 0.3) is 0 Å². The van der Waals surface area contributed by atoms with Crippen LogP contribution in [-0.2, 0) is 22.6 Å². The van der Waals surface area contributed by atoms with Crippen molar-refractivity contribution in [2.24, 2.45) is 11.8 Å². The molecule has 1 aromatic rings. The molecule has 2 saturated heterocycles. The van der Waals surface area contributed by atoms with Crippen molar-refractivity contribution in [3.8, 4) is 0 Å². The van der Waals surface area contributed by atoms with E-state index in [1.807, 2.05) is 6.07 Å². The van der Waals surface area contributed by atoms with E-state index in [0.717, 1.165) is 38.0 Å². The van der Waals surface area contributed by atoms with Gasteiger partial charge in [-0.2, -0.15) is 0 Å². The van der Waals surface area contributed by atoms with Crippen molar-refractivity contribution in [1.29, 1.82) is 0 Å². The molecule has 1 aromatic carbocycles. The molecule has 0 spiro atoms. The van der Waals surface area contributed by atoms with Gasteiger partial charge in [-0.25, -0.2) is 0 Å². The number of amides is 1. The third-order valence-electron chi connectivity index (χ3n) is 5.13. The van der Waals surface area contributed by atoms with Crippen molar-refractivity contribution in [3.63, 3.8) is 0 Å². The molecule has 3 atom stereocenters. The summed E-state index contributed by atoms with van der Waals surface area (Å²) >= 11 is 0. The number of carbonyl (C=O) groups is 1. The van der Waals surface area contributed by atoms with Gasteiger partial charge in [0.25, 0.3) is 5.91 Å². The van der Waals surface area contributed by atoms with E-state index in [0.29, 0.717) is 19.7 Å². The normalized spacial score (nSPS) is 27.8. The van der Waals surface area contributed by atoms with E-state index in [4.69, 9.17) is 4.74 Å². The molecule has 25 heavy (non-hydrogen) atoms. The van der Waals surface area contributed by atoms with Gasteiger partial charge in [0.1, 0.15) is 6.10 Å². The summed E-state index contributed by atoms with van der Waals surface area (Å²) in [6, 6.07) is 8.44. The molecule has 0 bridgehead atoms. The van der Waals surface area contributed by atoms with Gasteiger partial charge in [-0.05, 0) is 29.4 Å². The first-order valence-electron chi connectivity index (χ1n) is 9.51. The average Bonchev–Trinajstić information content (AvgIpc) is 2.60. The highest BCUT2D eigenvalue weighted by Crippen LogP contribution is 2.23. The Bertz CT molecular complexity index is 562. The van der Waals surface area contributed by atoms with Crippen LogP contribution in [0.3, 0.4) is 0 Å². The van der Waals surface area contributed by atoms with Crippen LogP contribution < -0.4 is 10.6 Å². The van der Waals surface area contributed by atoms with Crippen molar-refractivity contribution >= 4 is 5.91 Å². The maximum Gasteiger partial charge on any atom is 0.250 e. The van der Waals surface area contributed by atoms with E-state index in [-0.39, 0.29) is 12.0 Å². The van der Waals surface area contributed by atoms with Crippen LogP contribution in [-0.4, -0.2) is 49.7 Å². The Morgan fingerprint density at radius 3 is 2.64 bits per heavy atom. The molecule has 0 aliphatic carbocycles. The predicted molar refractivity (Wildman–Crippen MR) is 99.1 cm³/mol. The maximum absolute atomic E-state index is 12.3. The van der Waals surface area contributed by atoms with Gasteiger partial charge in [0.05, 0.1) is 6.61 Å². The summed E-state index contributed by atoms with van der Waals surface area (Å²) in [5, 5.41) is 6.24. The standard InChI is InChI=1S/C20H31N3O2/c1-15-9-16(2)13-23(12-15)14-18-6-4-3-5-17(18)10-22-20(24)19-11-21-7-8-25-19/h3-6,15-16,19,21H,7-14H2,1-2H3,(H,22,24). The van der Waals surface area contributed by atoms with Crippen LogP contribution in [0.5, 0.6) is 0 Å². The molecule has 5 heteroatoms. The summed E-state index contributed by atoms with van der Waals surface area (Å²) < 4.78 is 5.52. The topological polar surface area (TPSA) is 53.6 Å². The average molecular weight is 345 g/mol. The maximum atomic E-state index is 12.3. The van der Waals surface area contributed by atoms with Crippen molar-refractivity contribution in [2.75, 3.05) is 32.8 Å². The van der Waals surface area contributed by atoms with Gasteiger partial charge in [-0.3, -0.25) is 9.69 Å². The van der Waals surface area contributed by atoms with E-state index in [2.05, 4.69) is 47.6 Å². The Hall–Kier alpha value is -1.43. The molecule has 1 amide bonds. The highest BCUT2D eigenvalue weighted by molar-refractivity contribution is 5.81. The largest absolute Gasteiger partial charge is 0.366 e. The van der Waals surface area contributed by atoms with E-state index < -0.39 is 0 Å². The zero-order chi connectivity index (χ0) is 17.6. The van der Waals surface area contributed by atoms with Gasteiger partial charge in [-0.15, -0.1) is 0 Å². The molecule has 0 saturated carbocycles. The molecule has 2 aliphatic heterocycles. The fourth-order valence-corrected chi connectivity index (χ4v) is 4.08. The number of nitrogens with zero attached hydrogens (tertiary/aromatic N) is 1. The minimum atomic E-state index is -0.371. The second-order valence-electron chi connectivity index (χ2n) is 7.69. The molecule has 2 N–H and O–H groups in total. The first-order valence-corrected chi connectivity index (χ1v) is 9.51. The lowest BCUT2D eigenvalue weighted by Crippen LogP contribution is -2.47. The number of piperidine rings is 1. The van der Waals surface area contributed by atoms with E-state index in [1.54, 1.807) is 0 Å². The lowest BCUT2D eigenvalue weighted by molar-refractivity contribution is -0.134. The zero-order valence-electron chi connectivity index (χ0n) is 15.5. The third kappa shape index (κ3) is 5.27. The predicted octanol–water partition coefficient (Wildman–Crippen LogP) is 1.77. The summed E-state index contributed by atoms with van der Waals surface area (Å²) in [7, 11) is 0. The van der Waals surface area contributed by atoms with Crippen LogP contribution in [0.15, 0.2) is 24.3 Å². The molecule has 0 radical (unpaired) electrons. The van der Waals surface area contributed by atoms with Crippen LogP contribution in [0, 0.1) is 11.8 Å². The zero-order valence-corrected chi connectivity index (χ0v) is 15.5. The van der Waals surface area contributed by atoms with Crippen molar-refractivity contribution in [3.05, 3.63) is 35.4 Å². The van der Waals surface area contributed by atoms with Crippen LogP contribution >= 0.6 is 0 Å². The lowest BCUT2D eigenvalue weighted by Gasteiger charge is -2.35. The first-order chi connectivity index (χ1) is 12.1. The van der Waals surface area contributed by atoms with Crippen molar-refractivity contribution < 1.29 is 9.53 Å². The molecule has 2 fully saturated rings. The number of hydrogen-bond donors (Lipinski definition) is 2. The Morgan fingerprint density at radius 1 is 1.24 bits per heavy atom. The number of ether oxygens (including phenoxy) is 1. The Morgan fingerprint density at radius 2 is 1.96 bits per heavy atom. The van der Waals surface area contributed by atoms with Gasteiger partial charge in [-0.1, -0.05) is 38.1 Å². The molecule has 3 rings (SSSR count). The summed E-state index contributed by atoms with van der Waals surface area (Å²) in [5.74, 6) is 1.49. The second-order valence-corrected chi connectivity index (χ2v) is 7.69. The lowest BCUT2D eigenvalue weighted by atomic mass is 9.91. The number of likely N-dealkylation sites (tertiary alicyclic amines) is 1. The molecule has 3 unspecified atom stereocenters. The highest BCUT2D eigenvalue weighted by Gasteiger charge is 2.23. The quantitative estimate of drug-likeness (QED) is 0.854. The molecule has 5 nitrogen and oxygen atoms in total. The summed E-state index contributed by atoms with van der Waals surface area (Å²) in [6.07, 6.45) is 0.952. The number of carbonyl (C=O) groups excluding carboxylic acids is 1. The number of benzene rings is 1. The first kappa shape index (κ1) is 18.4. The minimum absolute atomic E-state index is 0.0257. The second kappa shape index (κ2) is 8.79. The van der Waals surface area contributed by atoms with E-state index in [9.17, 15) is 4.79 Å². The summed E-state index contributed by atoms with van der Waals surface area (Å²) in [5.41, 5.74) is 2.51. The number of nitrogens with one attached hydrogen (secondary N) is 2. The number of rotatable bonds is 5. The Kier molecular flexibility index (Phi) is 6.45. The van der Waals surface area contributed by atoms with Gasteiger partial charge >= 0.3 is 0 Å². The van der Waals surface area contributed by atoms with Gasteiger partial charge in [0.15, 0.2) is 0 Å². The minimum Gasteiger partial charge on any atom is -0.366 e. The van der Waals surface area contributed by atoms with Crippen LogP contribution in [0.1, 0.15) is 31.4 Å². The fourth-order valence-electron chi connectivity index (χ4n) is 4.08. The Labute approximate surface area is 151 Å². The fraction of sp³-hybridized carbons (Fsp3) is 0.650. The monoisotopic (exact) mass is 345 g/mol. The van der Waals surface area contributed by atoms with E-state index >= 15 is 0 Å². The highest BCUT2D eigenvalue weighted by atomic mass is 16.5. The SMILES string of the molecule is CC1CC(C)CN(Cc2ccccc2CNC(=O)C2CNCCO2)C1. The molecule has 2 aliphatic rings. The summed E-state index contributed by atoms with van der Waals surface area (Å²) in [6.45, 7) is 10.5. The van der Waals surface area contributed by atoms with Gasteiger partial charge < -0.3 is 15.4 Å². The number of morpholine rings is 1. The molecular weight excluding hydrogens is 314 g/mol. The van der Waals surface area contributed by atoms with Gasteiger partial charge in [0.2, 0.25) is 0 Å². The molecule has 2 heterocycles. The molecule has 0 aromatic heterocycles. The van der Waals surface area contributed by atoms with Gasteiger partial charge in [0, 0.05) is 39.3 Å². The smallest absolute Gasteiger partial charge is 0.250 e. The summed E-state index contributed by atoms with van der Waals surface area (Å²) in [4.78, 5) is 14.8. The van der Waals surface area contributed by atoms with Crippen LogP contribution in [0.2, 0.25) is 0 Å². The molecular formula is C20H31N3O2.